The van der Waals surface area contributed by atoms with Crippen LogP contribution in [0.4, 0.5) is 4.79 Å². The second kappa shape index (κ2) is 6.32. The van der Waals surface area contributed by atoms with Gasteiger partial charge in [-0.1, -0.05) is 12.1 Å². The summed E-state index contributed by atoms with van der Waals surface area (Å²) in [5.41, 5.74) is 0.785. The summed E-state index contributed by atoms with van der Waals surface area (Å²) in [7, 11) is 2.70. The summed E-state index contributed by atoms with van der Waals surface area (Å²) < 4.78 is 13.4. The van der Waals surface area contributed by atoms with Gasteiger partial charge in [-0.3, -0.25) is 0 Å². The Balaban J connectivity index is 2.57. The summed E-state index contributed by atoms with van der Waals surface area (Å²) in [5, 5.41) is 0. The minimum atomic E-state index is -1.03. The maximum atomic E-state index is 11.1. The molecule has 0 spiro atoms. The van der Waals surface area contributed by atoms with Crippen molar-refractivity contribution in [2.75, 3.05) is 14.2 Å². The van der Waals surface area contributed by atoms with Gasteiger partial charge in [0, 0.05) is 6.08 Å². The van der Waals surface area contributed by atoms with E-state index in [-0.39, 0.29) is 0 Å². The third-order valence-electron chi connectivity index (χ3n) is 1.88. The fourth-order valence-corrected chi connectivity index (χ4v) is 1.04. The van der Waals surface area contributed by atoms with Gasteiger partial charge in [0.05, 0.1) is 14.2 Å². The number of benzene rings is 1. The van der Waals surface area contributed by atoms with E-state index in [0.29, 0.717) is 0 Å². The predicted octanol–water partition coefficient (Wildman–Crippen LogP) is 2.02. The van der Waals surface area contributed by atoms with Crippen LogP contribution in [0.25, 0.3) is 6.08 Å². The largest absolute Gasteiger partial charge is 0.516 e. The number of methoxy groups -OCH3 is 2. The summed E-state index contributed by atoms with van der Waals surface area (Å²) in [6.07, 6.45) is 1.62. The minimum absolute atomic E-state index is 0.722. The molecule has 1 rings (SSSR count). The van der Waals surface area contributed by atoms with Crippen LogP contribution >= 0.6 is 0 Å². The number of rotatable bonds is 3. The maximum absolute atomic E-state index is 11.1. The van der Waals surface area contributed by atoms with E-state index in [1.807, 2.05) is 0 Å². The molecule has 0 radical (unpaired) electrons. The average molecular weight is 236 g/mol. The number of hydrogen-bond donors (Lipinski definition) is 0. The molecule has 0 N–H and O–H groups in total. The molecule has 0 unspecified atom stereocenters. The van der Waals surface area contributed by atoms with Crippen LogP contribution in [0.15, 0.2) is 30.3 Å². The lowest BCUT2D eigenvalue weighted by molar-refractivity contribution is -0.133. The third kappa shape index (κ3) is 4.38. The highest BCUT2D eigenvalue weighted by Gasteiger charge is 2.05. The van der Waals surface area contributed by atoms with E-state index in [4.69, 9.17) is 4.74 Å². The second-order valence-electron chi connectivity index (χ2n) is 2.98. The number of esters is 1. The van der Waals surface area contributed by atoms with Crippen LogP contribution in [-0.4, -0.2) is 26.3 Å². The molecule has 1 aromatic carbocycles. The molecule has 0 aliphatic carbocycles. The second-order valence-corrected chi connectivity index (χ2v) is 2.98. The first-order valence-electron chi connectivity index (χ1n) is 4.77. The van der Waals surface area contributed by atoms with E-state index in [2.05, 4.69) is 9.47 Å². The topological polar surface area (TPSA) is 61.8 Å². The Labute approximate surface area is 98.6 Å². The van der Waals surface area contributed by atoms with Crippen LogP contribution in [0.1, 0.15) is 5.56 Å². The number of ether oxygens (including phenoxy) is 3. The number of carbonyl (C=O) groups excluding carboxylic acids is 2. The van der Waals surface area contributed by atoms with Gasteiger partial charge in [0.1, 0.15) is 5.75 Å². The van der Waals surface area contributed by atoms with E-state index in [0.717, 1.165) is 24.5 Å². The molecule has 0 aliphatic heterocycles. The normalized spacial score (nSPS) is 10.0. The zero-order valence-electron chi connectivity index (χ0n) is 9.51. The van der Waals surface area contributed by atoms with Crippen molar-refractivity contribution in [1.82, 2.24) is 0 Å². The molecule has 90 valence electrons. The smallest absolute Gasteiger partial charge is 0.497 e. The van der Waals surface area contributed by atoms with E-state index >= 15 is 0 Å². The zero-order chi connectivity index (χ0) is 12.7. The van der Waals surface area contributed by atoms with Gasteiger partial charge < -0.3 is 14.2 Å². The standard InChI is InChI=1S/C12H12O5/c1-15-10-6-3-9(4-7-10)5-8-11(13)17-12(14)16-2/h3-8H,1-2H3/b8-5+. The summed E-state index contributed by atoms with van der Waals surface area (Å²) >= 11 is 0. The molecule has 0 bridgehead atoms. The highest BCUT2D eigenvalue weighted by Crippen LogP contribution is 2.12. The van der Waals surface area contributed by atoms with Gasteiger partial charge in [-0.15, -0.1) is 0 Å². The molecule has 0 aliphatic rings. The van der Waals surface area contributed by atoms with E-state index in [1.165, 1.54) is 6.08 Å². The molecule has 5 heteroatoms. The molecule has 0 saturated carbocycles. The maximum Gasteiger partial charge on any atom is 0.516 e. The highest BCUT2D eigenvalue weighted by molar-refractivity contribution is 5.93. The summed E-state index contributed by atoms with van der Waals surface area (Å²) in [6.45, 7) is 0. The quantitative estimate of drug-likeness (QED) is 0.456. The Bertz CT molecular complexity index is 419. The first-order valence-corrected chi connectivity index (χ1v) is 4.77. The van der Waals surface area contributed by atoms with Crippen molar-refractivity contribution in [3.05, 3.63) is 35.9 Å². The zero-order valence-corrected chi connectivity index (χ0v) is 9.51. The highest BCUT2D eigenvalue weighted by atomic mass is 16.7. The molecule has 17 heavy (non-hydrogen) atoms. The Morgan fingerprint density at radius 1 is 1.12 bits per heavy atom. The predicted molar refractivity (Wildman–Crippen MR) is 60.5 cm³/mol. The third-order valence-corrected chi connectivity index (χ3v) is 1.88. The van der Waals surface area contributed by atoms with Crippen LogP contribution in [0, 0.1) is 0 Å². The van der Waals surface area contributed by atoms with Crippen LogP contribution in [0.3, 0.4) is 0 Å². The van der Waals surface area contributed by atoms with E-state index < -0.39 is 12.1 Å². The monoisotopic (exact) mass is 236 g/mol. The molecular weight excluding hydrogens is 224 g/mol. The van der Waals surface area contributed by atoms with Crippen molar-refractivity contribution in [2.24, 2.45) is 0 Å². The van der Waals surface area contributed by atoms with Gasteiger partial charge in [-0.05, 0) is 23.8 Å². The van der Waals surface area contributed by atoms with Gasteiger partial charge in [-0.2, -0.15) is 0 Å². The van der Waals surface area contributed by atoms with Crippen LogP contribution in [0.2, 0.25) is 0 Å². The molecule has 0 saturated heterocycles. The van der Waals surface area contributed by atoms with E-state index in [9.17, 15) is 9.59 Å². The van der Waals surface area contributed by atoms with E-state index in [1.54, 1.807) is 31.4 Å². The fraction of sp³-hybridized carbons (Fsp3) is 0.167. The summed E-state index contributed by atoms with van der Waals surface area (Å²) in [5.74, 6) is -0.0630. The molecule has 1 aromatic rings. The fourth-order valence-electron chi connectivity index (χ4n) is 1.04. The van der Waals surface area contributed by atoms with Gasteiger partial charge in [0.15, 0.2) is 0 Å². The van der Waals surface area contributed by atoms with Crippen molar-refractivity contribution >= 4 is 18.2 Å². The lowest BCUT2D eigenvalue weighted by atomic mass is 10.2. The molecule has 0 aromatic heterocycles. The Morgan fingerprint density at radius 3 is 2.29 bits per heavy atom. The summed E-state index contributed by atoms with van der Waals surface area (Å²) in [6, 6.07) is 7.04. The Kier molecular flexibility index (Phi) is 4.75. The number of hydrogen-bond acceptors (Lipinski definition) is 5. The Morgan fingerprint density at radius 2 is 1.76 bits per heavy atom. The molecule has 0 amide bonds. The van der Waals surface area contributed by atoms with Gasteiger partial charge in [0.2, 0.25) is 0 Å². The van der Waals surface area contributed by atoms with Gasteiger partial charge in [-0.25, -0.2) is 9.59 Å². The summed E-state index contributed by atoms with van der Waals surface area (Å²) in [4.78, 5) is 21.7. The molecular formula is C12H12O5. The van der Waals surface area contributed by atoms with Crippen molar-refractivity contribution in [1.29, 1.82) is 0 Å². The van der Waals surface area contributed by atoms with Crippen molar-refractivity contribution in [3.8, 4) is 5.75 Å². The number of carbonyl (C=O) groups is 2. The van der Waals surface area contributed by atoms with Crippen molar-refractivity contribution < 1.29 is 23.8 Å². The molecule has 0 atom stereocenters. The van der Waals surface area contributed by atoms with Gasteiger partial charge in [0.25, 0.3) is 0 Å². The lowest BCUT2D eigenvalue weighted by Crippen LogP contribution is -2.09. The van der Waals surface area contributed by atoms with Crippen LogP contribution < -0.4 is 4.74 Å². The Hall–Kier alpha value is -2.30. The molecule has 0 fully saturated rings. The molecule has 0 heterocycles. The van der Waals surface area contributed by atoms with Crippen molar-refractivity contribution in [2.45, 2.75) is 0 Å². The van der Waals surface area contributed by atoms with Crippen molar-refractivity contribution in [3.63, 3.8) is 0 Å². The first-order chi connectivity index (χ1) is 8.15. The SMILES string of the molecule is COC(=O)OC(=O)/C=C/c1ccc(OC)cc1. The van der Waals surface area contributed by atoms with Crippen LogP contribution in [-0.2, 0) is 14.3 Å². The van der Waals surface area contributed by atoms with Gasteiger partial charge >= 0.3 is 12.1 Å². The minimum Gasteiger partial charge on any atom is -0.497 e. The molecule has 5 nitrogen and oxygen atoms in total. The van der Waals surface area contributed by atoms with Crippen LogP contribution in [0.5, 0.6) is 5.75 Å². The first kappa shape index (κ1) is 12.8. The average Bonchev–Trinajstić information content (AvgIpc) is 2.36. The lowest BCUT2D eigenvalue weighted by Gasteiger charge is -1.99.